The molecule has 5 unspecified atom stereocenters. The second-order valence-electron chi connectivity index (χ2n) is 6.09. The molecule has 6 nitrogen and oxygen atoms in total. The minimum Gasteiger partial charge on any atom is -0.489 e. The van der Waals surface area contributed by atoms with Crippen molar-refractivity contribution in [1.29, 1.82) is 0 Å². The molecule has 1 aliphatic heterocycles. The van der Waals surface area contributed by atoms with Gasteiger partial charge in [0.05, 0.1) is 6.61 Å². The third-order valence-electron chi connectivity index (χ3n) is 4.35. The number of aliphatic hydroxyl groups excluding tert-OH is 4. The smallest absolute Gasteiger partial charge is 0.119 e. The summed E-state index contributed by atoms with van der Waals surface area (Å²) in [5.74, 6) is 0.664. The van der Waals surface area contributed by atoms with E-state index >= 15 is 0 Å². The summed E-state index contributed by atoms with van der Waals surface area (Å²) in [7, 11) is 0. The lowest BCUT2D eigenvalue weighted by Crippen LogP contribution is -2.55. The maximum Gasteiger partial charge on any atom is 0.119 e. The summed E-state index contributed by atoms with van der Waals surface area (Å²) in [6.07, 6.45) is -5.78. The summed E-state index contributed by atoms with van der Waals surface area (Å²) >= 11 is 0. The fourth-order valence-corrected chi connectivity index (χ4v) is 2.87. The van der Waals surface area contributed by atoms with E-state index in [9.17, 15) is 20.4 Å². The predicted molar refractivity (Wildman–Crippen MR) is 89.9 cm³/mol. The third-order valence-corrected chi connectivity index (χ3v) is 4.35. The van der Waals surface area contributed by atoms with Crippen molar-refractivity contribution < 1.29 is 29.9 Å². The molecule has 6 heteroatoms. The van der Waals surface area contributed by atoms with E-state index in [1.807, 2.05) is 30.3 Å². The van der Waals surface area contributed by atoms with Gasteiger partial charge in [-0.1, -0.05) is 42.5 Å². The van der Waals surface area contributed by atoms with Crippen LogP contribution < -0.4 is 4.74 Å². The molecule has 5 atom stereocenters. The highest BCUT2D eigenvalue weighted by molar-refractivity contribution is 5.30. The zero-order valence-electron chi connectivity index (χ0n) is 13.6. The van der Waals surface area contributed by atoms with Gasteiger partial charge in [-0.2, -0.15) is 0 Å². The van der Waals surface area contributed by atoms with Crippen LogP contribution in [0.5, 0.6) is 5.75 Å². The highest BCUT2D eigenvalue weighted by Gasteiger charge is 2.43. The summed E-state index contributed by atoms with van der Waals surface area (Å²) in [6, 6.07) is 16.7. The molecule has 1 heterocycles. The van der Waals surface area contributed by atoms with Crippen LogP contribution in [0.4, 0.5) is 0 Å². The van der Waals surface area contributed by atoms with Gasteiger partial charge in [0.1, 0.15) is 42.9 Å². The van der Waals surface area contributed by atoms with Crippen LogP contribution in [0.1, 0.15) is 17.2 Å². The van der Waals surface area contributed by atoms with Crippen molar-refractivity contribution in [2.45, 2.75) is 37.1 Å². The lowest BCUT2D eigenvalue weighted by molar-refractivity contribution is -0.231. The SMILES string of the molecule is OCC1OC(c2ccc(OCc3ccccc3)cc2)C(O)C(O)C1O. The fraction of sp³-hybridized carbons (Fsp3) is 0.368. The van der Waals surface area contributed by atoms with E-state index in [1.165, 1.54) is 0 Å². The largest absolute Gasteiger partial charge is 0.489 e. The van der Waals surface area contributed by atoms with Gasteiger partial charge in [0.25, 0.3) is 0 Å². The monoisotopic (exact) mass is 346 g/mol. The quantitative estimate of drug-likeness (QED) is 0.639. The molecule has 0 amide bonds. The minimum absolute atomic E-state index is 0.445. The first-order valence-corrected chi connectivity index (χ1v) is 8.17. The van der Waals surface area contributed by atoms with Gasteiger partial charge in [-0.3, -0.25) is 0 Å². The number of hydrogen-bond donors (Lipinski definition) is 4. The van der Waals surface area contributed by atoms with Crippen LogP contribution in [0.15, 0.2) is 54.6 Å². The van der Waals surface area contributed by atoms with Gasteiger partial charge in [0.2, 0.25) is 0 Å². The standard InChI is InChI=1S/C19H22O6/c20-10-15-16(21)17(22)18(23)19(25-15)13-6-8-14(9-7-13)24-11-12-4-2-1-3-5-12/h1-9,15-23H,10-11H2. The summed E-state index contributed by atoms with van der Waals surface area (Å²) in [5.41, 5.74) is 1.68. The van der Waals surface area contributed by atoms with Crippen LogP contribution in [0.3, 0.4) is 0 Å². The van der Waals surface area contributed by atoms with Crippen LogP contribution in [-0.4, -0.2) is 51.4 Å². The molecule has 25 heavy (non-hydrogen) atoms. The predicted octanol–water partition coefficient (Wildman–Crippen LogP) is 0.780. The molecule has 0 aliphatic carbocycles. The maximum atomic E-state index is 10.1. The topological polar surface area (TPSA) is 99.4 Å². The molecule has 134 valence electrons. The van der Waals surface area contributed by atoms with Crippen molar-refractivity contribution in [2.75, 3.05) is 6.61 Å². The minimum atomic E-state index is -1.38. The van der Waals surface area contributed by atoms with Crippen LogP contribution in [0, 0.1) is 0 Å². The zero-order chi connectivity index (χ0) is 17.8. The van der Waals surface area contributed by atoms with E-state index < -0.39 is 37.1 Å². The average molecular weight is 346 g/mol. The molecule has 1 aliphatic rings. The number of ether oxygens (including phenoxy) is 2. The van der Waals surface area contributed by atoms with Gasteiger partial charge in [-0.25, -0.2) is 0 Å². The van der Waals surface area contributed by atoms with Gasteiger partial charge in [0, 0.05) is 0 Å². The second kappa shape index (κ2) is 7.95. The average Bonchev–Trinajstić information content (AvgIpc) is 2.66. The second-order valence-corrected chi connectivity index (χ2v) is 6.09. The van der Waals surface area contributed by atoms with Crippen LogP contribution in [0.25, 0.3) is 0 Å². The Bertz CT molecular complexity index is 657. The lowest BCUT2D eigenvalue weighted by Gasteiger charge is -2.40. The van der Waals surface area contributed by atoms with E-state index in [1.54, 1.807) is 24.3 Å². The molecule has 2 aromatic rings. The number of benzene rings is 2. The number of rotatable bonds is 5. The molecule has 0 aromatic heterocycles. The van der Waals surface area contributed by atoms with Crippen molar-refractivity contribution in [3.05, 3.63) is 65.7 Å². The van der Waals surface area contributed by atoms with Gasteiger partial charge < -0.3 is 29.9 Å². The fourth-order valence-electron chi connectivity index (χ4n) is 2.87. The normalized spacial score (nSPS) is 29.4. The van der Waals surface area contributed by atoms with Crippen LogP contribution >= 0.6 is 0 Å². The first kappa shape index (κ1) is 17.8. The van der Waals surface area contributed by atoms with Gasteiger partial charge >= 0.3 is 0 Å². The molecular formula is C19H22O6. The summed E-state index contributed by atoms with van der Waals surface area (Å²) in [6.45, 7) is -0.0000494. The molecule has 4 N–H and O–H groups in total. The summed E-state index contributed by atoms with van der Waals surface area (Å²) in [5, 5.41) is 39.1. The Morgan fingerprint density at radius 1 is 0.840 bits per heavy atom. The van der Waals surface area contributed by atoms with E-state index in [2.05, 4.69) is 0 Å². The van der Waals surface area contributed by atoms with E-state index in [4.69, 9.17) is 9.47 Å². The van der Waals surface area contributed by atoms with Gasteiger partial charge in [-0.15, -0.1) is 0 Å². The van der Waals surface area contributed by atoms with Crippen molar-refractivity contribution in [3.63, 3.8) is 0 Å². The molecule has 0 bridgehead atoms. The Hall–Kier alpha value is -1.96. The van der Waals surface area contributed by atoms with Gasteiger partial charge in [-0.05, 0) is 23.3 Å². The zero-order valence-corrected chi connectivity index (χ0v) is 13.6. The maximum absolute atomic E-state index is 10.1. The van der Waals surface area contributed by atoms with E-state index in [-0.39, 0.29) is 0 Å². The first-order valence-electron chi connectivity index (χ1n) is 8.17. The lowest BCUT2D eigenvalue weighted by atomic mass is 9.91. The van der Waals surface area contributed by atoms with Crippen LogP contribution in [0.2, 0.25) is 0 Å². The molecular weight excluding hydrogens is 324 g/mol. The van der Waals surface area contributed by atoms with Crippen molar-refractivity contribution in [2.24, 2.45) is 0 Å². The van der Waals surface area contributed by atoms with Crippen molar-refractivity contribution >= 4 is 0 Å². The molecule has 0 saturated carbocycles. The molecule has 0 radical (unpaired) electrons. The highest BCUT2D eigenvalue weighted by Crippen LogP contribution is 2.33. The van der Waals surface area contributed by atoms with E-state index in [0.717, 1.165) is 5.56 Å². The first-order chi connectivity index (χ1) is 12.1. The Labute approximate surface area is 145 Å². The Morgan fingerprint density at radius 2 is 1.52 bits per heavy atom. The summed E-state index contributed by atoms with van der Waals surface area (Å²) < 4.78 is 11.2. The van der Waals surface area contributed by atoms with Crippen molar-refractivity contribution in [1.82, 2.24) is 0 Å². The Balaban J connectivity index is 1.67. The van der Waals surface area contributed by atoms with Crippen LogP contribution in [-0.2, 0) is 11.3 Å². The van der Waals surface area contributed by atoms with E-state index in [0.29, 0.717) is 17.9 Å². The number of hydrogen-bond acceptors (Lipinski definition) is 6. The summed E-state index contributed by atoms with van der Waals surface area (Å²) in [4.78, 5) is 0. The highest BCUT2D eigenvalue weighted by atomic mass is 16.5. The Morgan fingerprint density at radius 3 is 2.16 bits per heavy atom. The third kappa shape index (κ3) is 4.00. The molecule has 3 rings (SSSR count). The Kier molecular flexibility index (Phi) is 5.67. The van der Waals surface area contributed by atoms with Crippen molar-refractivity contribution in [3.8, 4) is 5.75 Å². The molecule has 1 fully saturated rings. The molecule has 2 aromatic carbocycles. The van der Waals surface area contributed by atoms with Gasteiger partial charge in [0.15, 0.2) is 0 Å². The molecule has 0 spiro atoms. The number of aliphatic hydroxyl groups is 4. The molecule has 1 saturated heterocycles.